The maximum absolute atomic E-state index is 13.0. The Hall–Kier alpha value is -0.530. The summed E-state index contributed by atoms with van der Waals surface area (Å²) in [5.74, 6) is 19.5. The minimum atomic E-state index is -0.728. The minimum absolute atomic E-state index is 0.00463. The van der Waals surface area contributed by atoms with E-state index in [-0.39, 0.29) is 29.3 Å². The van der Waals surface area contributed by atoms with Crippen LogP contribution in [0.25, 0.3) is 0 Å². The van der Waals surface area contributed by atoms with Crippen molar-refractivity contribution in [1.82, 2.24) is 0 Å². The van der Waals surface area contributed by atoms with Gasteiger partial charge in [-0.3, -0.25) is 0 Å². The van der Waals surface area contributed by atoms with Gasteiger partial charge in [0.1, 0.15) is 18.5 Å². The van der Waals surface area contributed by atoms with Gasteiger partial charge in [0.05, 0.1) is 43.2 Å². The first-order chi connectivity index (χ1) is 54.0. The number of hydrogen-bond acceptors (Lipinski definition) is 8. The summed E-state index contributed by atoms with van der Waals surface area (Å²) < 4.78 is 58.9. The Morgan fingerprint density at radius 3 is 0.939 bits per heavy atom. The van der Waals surface area contributed by atoms with E-state index in [2.05, 4.69) is 166 Å². The second-order valence-corrected chi connectivity index (χ2v) is 46.1. The van der Waals surface area contributed by atoms with Gasteiger partial charge in [-0.05, 0) is 371 Å². The molecule has 0 amide bonds. The lowest BCUT2D eigenvalue weighted by molar-refractivity contribution is -0.141. The summed E-state index contributed by atoms with van der Waals surface area (Å²) in [5.41, 5.74) is 1.59. The zero-order chi connectivity index (χ0) is 85.8. The second kappa shape index (κ2) is 51.2. The van der Waals surface area contributed by atoms with Crippen LogP contribution in [0, 0.1) is 164 Å². The number of halogens is 3. The molecule has 0 radical (unpaired) electrons. The summed E-state index contributed by atoms with van der Waals surface area (Å²) in [5, 5.41) is 38.5. The Balaban J connectivity index is 0.000000225. The van der Waals surface area contributed by atoms with Crippen molar-refractivity contribution in [2.24, 2.45) is 164 Å². The molecule has 14 saturated carbocycles. The van der Waals surface area contributed by atoms with E-state index < -0.39 is 18.5 Å². The lowest BCUT2D eigenvalue weighted by atomic mass is 9.41. The molecule has 4 aliphatic heterocycles. The predicted octanol–water partition coefficient (Wildman–Crippen LogP) is 28.2. The number of fused-ring (bicyclic) bond motifs is 2. The van der Waals surface area contributed by atoms with Crippen molar-refractivity contribution in [3.05, 3.63) is 0 Å². The highest BCUT2D eigenvalue weighted by Crippen LogP contribution is 2.68. The first kappa shape index (κ1) is 105. The second-order valence-electron chi connectivity index (χ2n) is 46.1. The van der Waals surface area contributed by atoms with Gasteiger partial charge in [-0.25, -0.2) is 13.2 Å². The highest BCUT2D eigenvalue weighted by Gasteiger charge is 2.58. The minimum Gasteiger partial charge on any atom is -0.393 e. The molecule has 4 heterocycles. The normalized spacial score (nSPS) is 38.0. The molecule has 18 aliphatic rings. The smallest absolute Gasteiger partial charge is 0.126 e. The van der Waals surface area contributed by atoms with Crippen molar-refractivity contribution in [2.75, 3.05) is 52.9 Å². The van der Waals surface area contributed by atoms with Gasteiger partial charge in [-0.15, -0.1) is 0 Å². The number of aliphatic hydroxyl groups excluding tert-OH is 2. The van der Waals surface area contributed by atoms with E-state index in [0.717, 1.165) is 236 Å². The summed E-state index contributed by atoms with van der Waals surface area (Å²) in [7, 11) is 0. The third kappa shape index (κ3) is 35.1. The molecule has 4 saturated heterocycles. The highest BCUT2D eigenvalue weighted by molar-refractivity contribution is 5.08. The van der Waals surface area contributed by atoms with E-state index in [1.807, 2.05) is 6.92 Å². The standard InChI is InChI=1S/C13H22.C10H18O.C10H20O.C9H18O.C8H15FO.2C8H15F.3C8H16O.C8H14.C6H12O/c1-9(2)13-6-10-3-11(7-13)5-12(4-10)8-13;1-8(2)9-3-5-10(11,7-9)6-4-9;1-8(2)9-4-6-10(3,11)7-5-9;1-7(2)8-5-3-4-6-9(8)10;1-6(2)7-3-4-10-5-8(7)9;1-6(2)7-3-4-8(9)5-7;1-6(2)7-4-3-5-8(7)9;1-7(2)8-3-5-9-6-4-8;1-7(2)8-4-3-5-9-6-8;1-6(2)7-4-3-5-8(7)9;1-6(2)8-3-7(4-8)5-8;1-5(2)6-3-7-4-6/h9-12H,3-8H2,1-2H3;8,11H,3-7H2,1-2H3;8-9,11H,4-7H2,1-3H3;7-10H,3-6H2,1-2H3;6-8H,3-5H2,1-2H3;2*6-8H,3-5H2,1-2H3;2*7-8H,3-6H2,1-2H3;6-9H,3-5H2,1-2H3;6-7H,3-5H2,1-2H3;5-6H,3-4H2,1-2H3. The van der Waals surface area contributed by atoms with Crippen molar-refractivity contribution < 1.29 is 52.5 Å². The molecule has 18 rings (SSSR count). The van der Waals surface area contributed by atoms with Gasteiger partial charge in [-0.1, -0.05) is 192 Å². The number of aliphatic hydroxyl groups is 4. The number of alkyl halides is 3. The van der Waals surface area contributed by atoms with E-state index >= 15 is 0 Å². The Morgan fingerprint density at radius 2 is 0.678 bits per heavy atom. The zero-order valence-electron chi connectivity index (χ0n) is 80.5. The van der Waals surface area contributed by atoms with Crippen LogP contribution in [0.2, 0.25) is 0 Å². The topological polar surface area (TPSA) is 118 Å². The SMILES string of the molecule is CC(C)C12CC(C1)C2.CC(C)C12CC3CC(CC(C3)C1)C2.CC(C)C12CCC(O)(CC1)C2.CC(C)C1CCC(C)(O)CC1.CC(C)C1CCC(F)C1.CC(C)C1CCCC1F.CC(C)C1CCCC1O.CC(C)C1CCCCC1O.CC(C)C1CCCOC1.CC(C)C1CCOCC1.CC(C)C1CCOCC1F.CC(C)C1COC1. The van der Waals surface area contributed by atoms with Crippen molar-refractivity contribution in [1.29, 1.82) is 0 Å². The largest absolute Gasteiger partial charge is 0.393 e. The van der Waals surface area contributed by atoms with E-state index in [1.54, 1.807) is 57.8 Å². The van der Waals surface area contributed by atoms with Gasteiger partial charge in [0.25, 0.3) is 0 Å². The summed E-state index contributed by atoms with van der Waals surface area (Å²) in [4.78, 5) is 0. The van der Waals surface area contributed by atoms with Gasteiger partial charge in [0.15, 0.2) is 0 Å². The zero-order valence-corrected chi connectivity index (χ0v) is 80.5. The molecule has 11 heteroatoms. The van der Waals surface area contributed by atoms with E-state index in [4.69, 9.17) is 18.9 Å². The molecule has 4 N–H and O–H groups in total. The maximum atomic E-state index is 13.0. The molecular formula is C104H197F3O8. The van der Waals surface area contributed by atoms with Crippen LogP contribution in [0.4, 0.5) is 13.2 Å². The Kier molecular flexibility index (Phi) is 46.7. The monoisotopic (exact) mass is 1630 g/mol. The van der Waals surface area contributed by atoms with Crippen LogP contribution in [0.3, 0.4) is 0 Å². The lowest BCUT2D eigenvalue weighted by Crippen LogP contribution is -2.54. The van der Waals surface area contributed by atoms with Crippen LogP contribution in [0.5, 0.6) is 0 Å². The van der Waals surface area contributed by atoms with Crippen molar-refractivity contribution in [3.8, 4) is 0 Å². The van der Waals surface area contributed by atoms with Crippen molar-refractivity contribution in [3.63, 3.8) is 0 Å². The van der Waals surface area contributed by atoms with Gasteiger partial charge >= 0.3 is 0 Å². The summed E-state index contributed by atoms with van der Waals surface area (Å²) in [6, 6.07) is 0. The molecule has 0 aromatic carbocycles. The fraction of sp³-hybridized carbons (Fsp3) is 1.00. The van der Waals surface area contributed by atoms with Crippen LogP contribution in [0.15, 0.2) is 0 Å². The molecule has 0 aromatic rings. The Morgan fingerprint density at radius 1 is 0.287 bits per heavy atom. The predicted molar refractivity (Wildman–Crippen MR) is 482 cm³/mol. The van der Waals surface area contributed by atoms with Crippen LogP contribution in [-0.4, -0.2) is 115 Å². The Labute approximate surface area is 711 Å². The third-order valence-corrected chi connectivity index (χ3v) is 33.6. The summed E-state index contributed by atoms with van der Waals surface area (Å²) in [6.07, 6.45) is 42.8. The van der Waals surface area contributed by atoms with Gasteiger partial charge < -0.3 is 39.4 Å². The fourth-order valence-corrected chi connectivity index (χ4v) is 23.8. The van der Waals surface area contributed by atoms with Gasteiger partial charge in [-0.2, -0.15) is 0 Å². The first-order valence-corrected chi connectivity index (χ1v) is 50.0. The molecule has 8 bridgehead atoms. The molecule has 11 unspecified atom stereocenters. The van der Waals surface area contributed by atoms with Crippen LogP contribution in [-0.2, 0) is 18.9 Å². The third-order valence-electron chi connectivity index (χ3n) is 33.6. The molecule has 18 fully saturated rings. The average Bonchev–Trinajstić information content (AvgIpc) is 1.51. The number of hydrogen-bond donors (Lipinski definition) is 4. The fourth-order valence-electron chi connectivity index (χ4n) is 23.8. The van der Waals surface area contributed by atoms with E-state index in [9.17, 15) is 33.6 Å². The molecule has 8 nitrogen and oxygen atoms in total. The van der Waals surface area contributed by atoms with Crippen LogP contribution < -0.4 is 0 Å². The molecule has 0 spiro atoms. The van der Waals surface area contributed by atoms with E-state index in [0.29, 0.717) is 65.3 Å². The van der Waals surface area contributed by atoms with Gasteiger partial charge in [0.2, 0.25) is 0 Å². The summed E-state index contributed by atoms with van der Waals surface area (Å²) >= 11 is 0. The lowest BCUT2D eigenvalue weighted by Gasteiger charge is -2.64. The molecule has 115 heavy (non-hydrogen) atoms. The molecule has 11 atom stereocenters. The molecule has 14 aliphatic carbocycles. The highest BCUT2D eigenvalue weighted by atomic mass is 19.1. The quantitative estimate of drug-likeness (QED) is 0.153. The maximum Gasteiger partial charge on any atom is 0.126 e. The first-order valence-electron chi connectivity index (χ1n) is 50.0. The van der Waals surface area contributed by atoms with Crippen LogP contribution in [0.1, 0.15) is 404 Å². The van der Waals surface area contributed by atoms with Gasteiger partial charge in [0, 0.05) is 39.0 Å². The summed E-state index contributed by atoms with van der Waals surface area (Å²) in [6.45, 7) is 63.0. The van der Waals surface area contributed by atoms with Crippen LogP contribution >= 0.6 is 0 Å². The average molecular weight is 1630 g/mol. The van der Waals surface area contributed by atoms with E-state index in [1.165, 1.54) is 83.5 Å². The molecule has 0 aromatic heterocycles. The number of ether oxygens (including phenoxy) is 4. The molecular weight excluding hydrogens is 1430 g/mol. The Bertz CT molecular complexity index is 2340. The van der Waals surface area contributed by atoms with Crippen molar-refractivity contribution >= 4 is 0 Å². The van der Waals surface area contributed by atoms with Crippen molar-refractivity contribution in [2.45, 2.75) is 446 Å². The molecule has 682 valence electrons. The number of rotatable bonds is 12.